The van der Waals surface area contributed by atoms with Gasteiger partial charge in [-0.3, -0.25) is 9.36 Å². The van der Waals surface area contributed by atoms with E-state index in [-0.39, 0.29) is 12.1 Å². The highest BCUT2D eigenvalue weighted by Gasteiger charge is 2.20. The Bertz CT molecular complexity index is 690. The lowest BCUT2D eigenvalue weighted by molar-refractivity contribution is 0.543. The highest BCUT2D eigenvalue weighted by Crippen LogP contribution is 2.16. The molecule has 96 valence electrons. The Labute approximate surface area is 114 Å². The van der Waals surface area contributed by atoms with Gasteiger partial charge in [0.2, 0.25) is 0 Å². The van der Waals surface area contributed by atoms with E-state index in [0.29, 0.717) is 11.3 Å². The molecule has 0 amide bonds. The number of H-pyrrole nitrogens is 1. The number of hydrogen-bond acceptors (Lipinski definition) is 5. The molecular weight excluding hydrogens is 270 g/mol. The van der Waals surface area contributed by atoms with Crippen LogP contribution in [0.5, 0.6) is 0 Å². The summed E-state index contributed by atoms with van der Waals surface area (Å²) in [5.41, 5.74) is -0.171. The van der Waals surface area contributed by atoms with Crippen molar-refractivity contribution in [3.05, 3.63) is 39.2 Å². The quantitative estimate of drug-likeness (QED) is 0.727. The minimum atomic E-state index is -0.539. The van der Waals surface area contributed by atoms with Gasteiger partial charge in [0.1, 0.15) is 0 Å². The van der Waals surface area contributed by atoms with E-state index in [9.17, 15) is 9.59 Å². The standard InChI is InChI=1S/C11H13N3O2S2/c1-11(18,6-17)5-14-9(15)8-7(13-10(14)16)3-2-4-12-8/h2-4,17-18H,5-6H2,1H3,(H,13,16). The monoisotopic (exact) mass is 283 g/mol. The van der Waals surface area contributed by atoms with Gasteiger partial charge in [-0.25, -0.2) is 9.78 Å². The molecule has 1 atom stereocenters. The second-order valence-electron chi connectivity index (χ2n) is 4.38. The number of nitrogens with one attached hydrogen (secondary N) is 1. The number of aromatic nitrogens is 3. The average Bonchev–Trinajstić information content (AvgIpc) is 2.34. The van der Waals surface area contributed by atoms with Crippen LogP contribution in [0.1, 0.15) is 6.92 Å². The molecule has 1 N–H and O–H groups in total. The molecule has 0 fully saturated rings. The molecule has 0 aliphatic rings. The van der Waals surface area contributed by atoms with E-state index in [1.54, 1.807) is 12.1 Å². The molecule has 0 aromatic carbocycles. The molecule has 0 saturated heterocycles. The van der Waals surface area contributed by atoms with Crippen LogP contribution in [0.3, 0.4) is 0 Å². The van der Waals surface area contributed by atoms with Crippen LogP contribution in [0.15, 0.2) is 27.9 Å². The maximum absolute atomic E-state index is 12.2. The molecule has 2 aromatic heterocycles. The number of aromatic amines is 1. The average molecular weight is 283 g/mol. The molecule has 0 saturated carbocycles. The number of pyridine rings is 1. The Morgan fingerprint density at radius 2 is 2.22 bits per heavy atom. The van der Waals surface area contributed by atoms with E-state index < -0.39 is 16.0 Å². The number of fused-ring (bicyclic) bond motifs is 1. The summed E-state index contributed by atoms with van der Waals surface area (Å²) >= 11 is 8.53. The summed E-state index contributed by atoms with van der Waals surface area (Å²) in [4.78, 5) is 30.7. The second-order valence-corrected chi connectivity index (χ2v) is 5.77. The van der Waals surface area contributed by atoms with Gasteiger partial charge in [-0.05, 0) is 19.1 Å². The summed E-state index contributed by atoms with van der Waals surface area (Å²) in [6.07, 6.45) is 1.52. The minimum Gasteiger partial charge on any atom is -0.305 e. The summed E-state index contributed by atoms with van der Waals surface area (Å²) in [6, 6.07) is 3.31. The van der Waals surface area contributed by atoms with E-state index >= 15 is 0 Å². The smallest absolute Gasteiger partial charge is 0.305 e. The summed E-state index contributed by atoms with van der Waals surface area (Å²) in [5, 5.41) is 0. The Balaban J connectivity index is 2.66. The lowest BCUT2D eigenvalue weighted by Crippen LogP contribution is -2.41. The van der Waals surface area contributed by atoms with Gasteiger partial charge in [0.25, 0.3) is 5.56 Å². The van der Waals surface area contributed by atoms with Gasteiger partial charge in [0.15, 0.2) is 5.52 Å². The fraction of sp³-hybridized carbons (Fsp3) is 0.364. The van der Waals surface area contributed by atoms with Gasteiger partial charge in [0.05, 0.1) is 5.52 Å². The molecule has 0 aliphatic heterocycles. The Hall–Kier alpha value is -1.21. The maximum Gasteiger partial charge on any atom is 0.328 e. The normalized spacial score (nSPS) is 14.6. The van der Waals surface area contributed by atoms with E-state index in [1.165, 1.54) is 6.20 Å². The van der Waals surface area contributed by atoms with E-state index in [4.69, 9.17) is 0 Å². The van der Waals surface area contributed by atoms with E-state index in [1.807, 2.05) is 6.92 Å². The van der Waals surface area contributed by atoms with Crippen LogP contribution in [-0.2, 0) is 6.54 Å². The third-order valence-corrected chi connectivity index (χ3v) is 3.83. The number of rotatable bonds is 3. The highest BCUT2D eigenvalue weighted by molar-refractivity contribution is 7.85. The van der Waals surface area contributed by atoms with Crippen molar-refractivity contribution in [3.63, 3.8) is 0 Å². The number of nitrogens with zero attached hydrogens (tertiary/aromatic N) is 2. The molecule has 0 bridgehead atoms. The predicted molar refractivity (Wildman–Crippen MR) is 77.9 cm³/mol. The van der Waals surface area contributed by atoms with Gasteiger partial charge in [-0.15, -0.1) is 0 Å². The Morgan fingerprint density at radius 1 is 1.50 bits per heavy atom. The molecule has 5 nitrogen and oxygen atoms in total. The first-order valence-electron chi connectivity index (χ1n) is 5.36. The molecule has 18 heavy (non-hydrogen) atoms. The van der Waals surface area contributed by atoms with Crippen molar-refractivity contribution in [1.29, 1.82) is 0 Å². The summed E-state index contributed by atoms with van der Waals surface area (Å²) in [5.74, 6) is 0.447. The van der Waals surface area contributed by atoms with Crippen molar-refractivity contribution in [3.8, 4) is 0 Å². The molecule has 7 heteroatoms. The molecule has 2 aromatic rings. The fourth-order valence-electron chi connectivity index (χ4n) is 1.61. The van der Waals surface area contributed by atoms with Crippen molar-refractivity contribution >= 4 is 36.3 Å². The van der Waals surface area contributed by atoms with Crippen molar-refractivity contribution in [1.82, 2.24) is 14.5 Å². The van der Waals surface area contributed by atoms with Gasteiger partial charge in [0, 0.05) is 23.2 Å². The van der Waals surface area contributed by atoms with Crippen molar-refractivity contribution in [2.75, 3.05) is 5.75 Å². The fourth-order valence-corrected chi connectivity index (χ4v) is 1.85. The lowest BCUT2D eigenvalue weighted by atomic mass is 10.2. The van der Waals surface area contributed by atoms with E-state index in [0.717, 1.165) is 4.57 Å². The van der Waals surface area contributed by atoms with Gasteiger partial charge in [-0.1, -0.05) is 0 Å². The van der Waals surface area contributed by atoms with Crippen molar-refractivity contribution in [2.45, 2.75) is 18.2 Å². The van der Waals surface area contributed by atoms with Crippen LogP contribution in [0.4, 0.5) is 0 Å². The van der Waals surface area contributed by atoms with Gasteiger partial charge < -0.3 is 4.98 Å². The van der Waals surface area contributed by atoms with Crippen LogP contribution in [0.2, 0.25) is 0 Å². The summed E-state index contributed by atoms with van der Waals surface area (Å²) in [6.45, 7) is 2.00. The largest absolute Gasteiger partial charge is 0.328 e. The zero-order chi connectivity index (χ0) is 13.3. The molecule has 2 rings (SSSR count). The maximum atomic E-state index is 12.2. The van der Waals surface area contributed by atoms with Crippen LogP contribution >= 0.6 is 25.3 Å². The first kappa shape index (κ1) is 13.2. The zero-order valence-corrected chi connectivity index (χ0v) is 11.5. The minimum absolute atomic E-state index is 0.181. The van der Waals surface area contributed by atoms with Crippen LogP contribution in [0.25, 0.3) is 11.0 Å². The first-order chi connectivity index (χ1) is 8.44. The summed E-state index contributed by atoms with van der Waals surface area (Å²) in [7, 11) is 0. The van der Waals surface area contributed by atoms with Crippen molar-refractivity contribution < 1.29 is 0 Å². The third kappa shape index (κ3) is 2.46. The SMILES string of the molecule is CC(S)(CS)Cn1c(=O)[nH]c2cccnc2c1=O. The molecule has 1 unspecified atom stereocenters. The first-order valence-corrected chi connectivity index (χ1v) is 6.44. The van der Waals surface area contributed by atoms with Crippen molar-refractivity contribution in [2.24, 2.45) is 0 Å². The number of hydrogen-bond donors (Lipinski definition) is 3. The van der Waals surface area contributed by atoms with Gasteiger partial charge in [-0.2, -0.15) is 25.3 Å². The molecule has 0 aliphatic carbocycles. The van der Waals surface area contributed by atoms with Gasteiger partial charge >= 0.3 is 5.69 Å². The van der Waals surface area contributed by atoms with E-state index in [2.05, 4.69) is 35.2 Å². The van der Waals surface area contributed by atoms with Crippen LogP contribution in [-0.4, -0.2) is 25.0 Å². The molecular formula is C11H13N3O2S2. The van der Waals surface area contributed by atoms with Crippen LogP contribution in [0, 0.1) is 0 Å². The Morgan fingerprint density at radius 3 is 2.89 bits per heavy atom. The number of thiol groups is 2. The molecule has 0 spiro atoms. The summed E-state index contributed by atoms with van der Waals surface area (Å²) < 4.78 is 0.570. The molecule has 2 heterocycles. The molecule has 0 radical (unpaired) electrons. The highest BCUT2D eigenvalue weighted by atomic mass is 32.1. The Kier molecular flexibility index (Phi) is 3.54. The lowest BCUT2D eigenvalue weighted by Gasteiger charge is -2.21. The third-order valence-electron chi connectivity index (χ3n) is 2.58. The second kappa shape index (κ2) is 4.81. The predicted octanol–water partition coefficient (Wildman–Crippen LogP) is 0.703. The van der Waals surface area contributed by atoms with Crippen LogP contribution < -0.4 is 11.2 Å². The zero-order valence-electron chi connectivity index (χ0n) is 9.75. The topological polar surface area (TPSA) is 67.8 Å².